The van der Waals surface area contributed by atoms with E-state index in [2.05, 4.69) is 17.2 Å². The van der Waals surface area contributed by atoms with Gasteiger partial charge < -0.3 is 15.4 Å². The summed E-state index contributed by atoms with van der Waals surface area (Å²) in [5.41, 5.74) is 2.22. The maximum absolute atomic E-state index is 12.4. The molecule has 2 aromatic carbocycles. The predicted molar refractivity (Wildman–Crippen MR) is 113 cm³/mol. The second kappa shape index (κ2) is 8.43. The summed E-state index contributed by atoms with van der Waals surface area (Å²) in [5.74, 6) is -1.93. The van der Waals surface area contributed by atoms with Crippen LogP contribution in [0.3, 0.4) is 0 Å². The van der Waals surface area contributed by atoms with Gasteiger partial charge in [-0.3, -0.25) is 24.1 Å². The summed E-state index contributed by atoms with van der Waals surface area (Å²) in [6.07, 6.45) is 1.90. The van der Waals surface area contributed by atoms with Crippen molar-refractivity contribution in [3.63, 3.8) is 0 Å². The van der Waals surface area contributed by atoms with E-state index in [1.165, 1.54) is 4.90 Å². The zero-order valence-corrected chi connectivity index (χ0v) is 16.7. The Hall–Kier alpha value is -3.94. The highest BCUT2D eigenvalue weighted by Gasteiger charge is 2.32. The topological polar surface area (TPSA) is 105 Å². The molecule has 0 spiro atoms. The highest BCUT2D eigenvalue weighted by Crippen LogP contribution is 2.30. The summed E-state index contributed by atoms with van der Waals surface area (Å²) in [4.78, 5) is 50.4. The fraction of sp³-hybridized carbons (Fsp3) is 0.217. The first-order valence-corrected chi connectivity index (χ1v) is 9.89. The molecule has 8 heteroatoms. The van der Waals surface area contributed by atoms with Gasteiger partial charge in [0.2, 0.25) is 0 Å². The number of rotatable bonds is 7. The summed E-state index contributed by atoms with van der Waals surface area (Å²) >= 11 is 0. The van der Waals surface area contributed by atoms with Gasteiger partial charge in [0, 0.05) is 22.9 Å². The molecule has 0 bridgehead atoms. The molecule has 31 heavy (non-hydrogen) atoms. The van der Waals surface area contributed by atoms with E-state index in [4.69, 9.17) is 4.74 Å². The first kappa shape index (κ1) is 20.3. The number of ether oxygens (including phenoxy) is 1. The molecule has 158 valence electrons. The van der Waals surface area contributed by atoms with Crippen molar-refractivity contribution < 1.29 is 23.9 Å². The minimum Gasteiger partial charge on any atom is -0.454 e. The molecule has 0 radical (unpaired) electrons. The standard InChI is InChI=1S/C23H21N3O5/c1-14-16-6-2-3-7-17(16)23(30)26(14)12-21(28)31-13-20(27)25-19-9-5-4-8-18(19)22(29)24-15-10-11-15/h2-9,15H,1,10-13H2,(H,24,29)(H,25,27). The van der Waals surface area contributed by atoms with Crippen LogP contribution in [0.1, 0.15) is 39.1 Å². The van der Waals surface area contributed by atoms with Gasteiger partial charge in [-0.05, 0) is 31.0 Å². The molecule has 3 amide bonds. The predicted octanol–water partition coefficient (Wildman–Crippen LogP) is 2.19. The Morgan fingerprint density at radius 1 is 1.03 bits per heavy atom. The first-order chi connectivity index (χ1) is 14.9. The number of esters is 1. The van der Waals surface area contributed by atoms with Crippen molar-refractivity contribution in [1.29, 1.82) is 0 Å². The third-order valence-electron chi connectivity index (χ3n) is 5.05. The van der Waals surface area contributed by atoms with Crippen LogP contribution in [-0.4, -0.2) is 47.8 Å². The Morgan fingerprint density at radius 2 is 1.71 bits per heavy atom. The van der Waals surface area contributed by atoms with Crippen molar-refractivity contribution in [1.82, 2.24) is 10.2 Å². The monoisotopic (exact) mass is 419 g/mol. The maximum Gasteiger partial charge on any atom is 0.326 e. The van der Waals surface area contributed by atoms with Crippen LogP contribution in [-0.2, 0) is 14.3 Å². The fourth-order valence-corrected chi connectivity index (χ4v) is 3.29. The van der Waals surface area contributed by atoms with Crippen molar-refractivity contribution in [3.05, 3.63) is 71.8 Å². The van der Waals surface area contributed by atoms with E-state index in [9.17, 15) is 19.2 Å². The fourth-order valence-electron chi connectivity index (χ4n) is 3.29. The molecule has 2 aromatic rings. The molecule has 0 unspecified atom stereocenters. The Kier molecular flexibility index (Phi) is 5.53. The number of carbonyl (C=O) groups excluding carboxylic acids is 4. The molecule has 0 atom stereocenters. The normalized spacial score (nSPS) is 14.8. The largest absolute Gasteiger partial charge is 0.454 e. The zero-order valence-electron chi connectivity index (χ0n) is 16.7. The number of hydrogen-bond donors (Lipinski definition) is 2. The number of hydrogen-bond acceptors (Lipinski definition) is 5. The van der Waals surface area contributed by atoms with Gasteiger partial charge in [0.1, 0.15) is 6.54 Å². The van der Waals surface area contributed by atoms with Gasteiger partial charge in [-0.15, -0.1) is 0 Å². The Labute approximate surface area is 178 Å². The van der Waals surface area contributed by atoms with Crippen molar-refractivity contribution >= 4 is 35.1 Å². The number of anilines is 1. The molecule has 1 aliphatic carbocycles. The molecule has 0 aromatic heterocycles. The smallest absolute Gasteiger partial charge is 0.326 e. The first-order valence-electron chi connectivity index (χ1n) is 9.89. The molecule has 1 fully saturated rings. The second-order valence-electron chi connectivity index (χ2n) is 7.39. The Balaban J connectivity index is 1.31. The number of benzene rings is 2. The van der Waals surface area contributed by atoms with Crippen molar-refractivity contribution in [2.75, 3.05) is 18.5 Å². The van der Waals surface area contributed by atoms with Gasteiger partial charge in [-0.2, -0.15) is 0 Å². The lowest BCUT2D eigenvalue weighted by molar-refractivity contribution is -0.147. The van der Waals surface area contributed by atoms with E-state index < -0.39 is 18.5 Å². The van der Waals surface area contributed by atoms with Gasteiger partial charge in [0.25, 0.3) is 17.7 Å². The van der Waals surface area contributed by atoms with Crippen LogP contribution in [0.25, 0.3) is 5.70 Å². The van der Waals surface area contributed by atoms with Crippen molar-refractivity contribution in [2.45, 2.75) is 18.9 Å². The van der Waals surface area contributed by atoms with E-state index in [1.54, 1.807) is 48.5 Å². The van der Waals surface area contributed by atoms with Crippen LogP contribution in [0, 0.1) is 0 Å². The average Bonchev–Trinajstić information content (AvgIpc) is 3.55. The van der Waals surface area contributed by atoms with Crippen LogP contribution in [0.5, 0.6) is 0 Å². The molecule has 0 saturated heterocycles. The van der Waals surface area contributed by atoms with Crippen LogP contribution in [0.2, 0.25) is 0 Å². The van der Waals surface area contributed by atoms with E-state index in [0.29, 0.717) is 28.1 Å². The van der Waals surface area contributed by atoms with Gasteiger partial charge in [-0.25, -0.2) is 0 Å². The number of nitrogens with zero attached hydrogens (tertiary/aromatic N) is 1. The van der Waals surface area contributed by atoms with Gasteiger partial charge in [0.05, 0.1) is 11.3 Å². The molecule has 2 N–H and O–H groups in total. The summed E-state index contributed by atoms with van der Waals surface area (Å²) in [6, 6.07) is 13.7. The van der Waals surface area contributed by atoms with E-state index in [1.807, 2.05) is 0 Å². The molecule has 4 rings (SSSR count). The van der Waals surface area contributed by atoms with Crippen LogP contribution in [0.4, 0.5) is 5.69 Å². The number of carbonyl (C=O) groups is 4. The van der Waals surface area contributed by atoms with E-state index >= 15 is 0 Å². The number of para-hydroxylation sites is 1. The molecule has 1 heterocycles. The molecular weight excluding hydrogens is 398 g/mol. The number of nitrogens with one attached hydrogen (secondary N) is 2. The van der Waals surface area contributed by atoms with Crippen molar-refractivity contribution in [2.24, 2.45) is 0 Å². The van der Waals surface area contributed by atoms with Crippen LogP contribution >= 0.6 is 0 Å². The third kappa shape index (κ3) is 4.48. The second-order valence-corrected chi connectivity index (χ2v) is 7.39. The minimum atomic E-state index is -0.739. The Morgan fingerprint density at radius 3 is 2.42 bits per heavy atom. The Bertz CT molecular complexity index is 1060. The molecule has 2 aliphatic rings. The lowest BCUT2D eigenvalue weighted by Gasteiger charge is -2.16. The summed E-state index contributed by atoms with van der Waals surface area (Å²) in [5, 5.41) is 5.46. The minimum absolute atomic E-state index is 0.186. The SMILES string of the molecule is C=C1c2ccccc2C(=O)N1CC(=O)OCC(=O)Nc1ccccc1C(=O)NC1CC1. The van der Waals surface area contributed by atoms with Crippen molar-refractivity contribution in [3.8, 4) is 0 Å². The highest BCUT2D eigenvalue weighted by atomic mass is 16.5. The quantitative estimate of drug-likeness (QED) is 0.670. The lowest BCUT2D eigenvalue weighted by atomic mass is 10.1. The summed E-state index contributed by atoms with van der Waals surface area (Å²) in [6.45, 7) is 2.97. The maximum atomic E-state index is 12.4. The van der Waals surface area contributed by atoms with Crippen LogP contribution < -0.4 is 10.6 Å². The number of amides is 3. The van der Waals surface area contributed by atoms with E-state index in [-0.39, 0.29) is 24.4 Å². The molecular formula is C23H21N3O5. The van der Waals surface area contributed by atoms with Gasteiger partial charge in [-0.1, -0.05) is 36.9 Å². The van der Waals surface area contributed by atoms with Crippen LogP contribution in [0.15, 0.2) is 55.1 Å². The van der Waals surface area contributed by atoms with Gasteiger partial charge in [0.15, 0.2) is 6.61 Å². The van der Waals surface area contributed by atoms with E-state index in [0.717, 1.165) is 12.8 Å². The molecule has 1 saturated carbocycles. The average molecular weight is 419 g/mol. The highest BCUT2D eigenvalue weighted by molar-refractivity contribution is 6.10. The summed E-state index contributed by atoms with van der Waals surface area (Å²) < 4.78 is 5.02. The summed E-state index contributed by atoms with van der Waals surface area (Å²) in [7, 11) is 0. The third-order valence-corrected chi connectivity index (χ3v) is 5.05. The molecule has 8 nitrogen and oxygen atoms in total. The number of fused-ring (bicyclic) bond motifs is 1. The van der Waals surface area contributed by atoms with Gasteiger partial charge >= 0.3 is 5.97 Å². The zero-order chi connectivity index (χ0) is 22.0. The molecule has 1 aliphatic heterocycles. The lowest BCUT2D eigenvalue weighted by Crippen LogP contribution is -2.32.